The highest BCUT2D eigenvalue weighted by molar-refractivity contribution is 6.47. The summed E-state index contributed by atoms with van der Waals surface area (Å²) in [6.07, 6.45) is 5.07. The Hall–Kier alpha value is -2.59. The minimum absolute atomic E-state index is 0. The largest absolute Gasteiger partial charge is 0.412 e. The van der Waals surface area contributed by atoms with E-state index in [2.05, 4.69) is 0 Å². The fourth-order valence-electron chi connectivity index (χ4n) is 2.26. The standard InChI is InChI=1S/C15H8O3.H2O/c16-8-14(17)12-6-5-11-10-4-2-1-3-9(10)7-13(11)15(12)18;/h1-8H;1H2. The van der Waals surface area contributed by atoms with Crippen LogP contribution in [0.15, 0.2) is 47.6 Å². The summed E-state index contributed by atoms with van der Waals surface area (Å²) in [6.45, 7) is 0. The van der Waals surface area contributed by atoms with Crippen molar-refractivity contribution in [1.82, 2.24) is 0 Å². The molecule has 0 unspecified atom stereocenters. The van der Waals surface area contributed by atoms with Crippen molar-refractivity contribution in [3.63, 3.8) is 0 Å². The fraction of sp³-hybridized carbons (Fsp3) is 0. The van der Waals surface area contributed by atoms with Gasteiger partial charge in [0.15, 0.2) is 12.1 Å². The highest BCUT2D eigenvalue weighted by atomic mass is 16.2. The Morgan fingerprint density at radius 3 is 2.53 bits per heavy atom. The molecular formula is C15H10O4. The predicted molar refractivity (Wildman–Crippen MR) is 70.2 cm³/mol. The molecule has 0 saturated carbocycles. The van der Waals surface area contributed by atoms with Crippen LogP contribution in [0.25, 0.3) is 11.6 Å². The lowest BCUT2D eigenvalue weighted by Crippen LogP contribution is -2.17. The third kappa shape index (κ3) is 1.78. The van der Waals surface area contributed by atoms with Crippen LogP contribution in [0.3, 0.4) is 0 Å². The van der Waals surface area contributed by atoms with E-state index in [0.29, 0.717) is 5.57 Å². The molecule has 2 aliphatic rings. The molecule has 0 aliphatic heterocycles. The molecule has 4 nitrogen and oxygen atoms in total. The number of Topliss-reactive ketones (excluding diaryl/α,β-unsaturated/α-hetero) is 2. The molecule has 1 aromatic carbocycles. The van der Waals surface area contributed by atoms with Gasteiger partial charge in [-0.1, -0.05) is 30.3 Å². The van der Waals surface area contributed by atoms with Gasteiger partial charge in [-0.25, -0.2) is 0 Å². The molecule has 0 spiro atoms. The summed E-state index contributed by atoms with van der Waals surface area (Å²) in [7, 11) is 0. The van der Waals surface area contributed by atoms with Crippen molar-refractivity contribution in [2.24, 2.45) is 0 Å². The van der Waals surface area contributed by atoms with Gasteiger partial charge in [0.25, 0.3) is 0 Å². The normalized spacial score (nSPS) is 15.4. The van der Waals surface area contributed by atoms with Crippen LogP contribution in [0.1, 0.15) is 11.1 Å². The second kappa shape index (κ2) is 4.59. The molecule has 2 N–H and O–H groups in total. The number of allylic oxidation sites excluding steroid dienone is 5. The Balaban J connectivity index is 0.00000133. The summed E-state index contributed by atoms with van der Waals surface area (Å²) in [4.78, 5) is 33.9. The Kier molecular flexibility index (Phi) is 3.10. The Morgan fingerprint density at radius 2 is 1.79 bits per heavy atom. The summed E-state index contributed by atoms with van der Waals surface area (Å²) in [5.41, 5.74) is 3.18. The van der Waals surface area contributed by atoms with Crippen molar-refractivity contribution < 1.29 is 19.9 Å². The van der Waals surface area contributed by atoms with E-state index in [1.165, 1.54) is 6.08 Å². The Morgan fingerprint density at radius 1 is 1.05 bits per heavy atom. The first-order valence-corrected chi connectivity index (χ1v) is 5.50. The van der Waals surface area contributed by atoms with Crippen LogP contribution in [0.2, 0.25) is 0 Å². The van der Waals surface area contributed by atoms with Gasteiger partial charge in [-0.2, -0.15) is 0 Å². The van der Waals surface area contributed by atoms with Gasteiger partial charge < -0.3 is 5.48 Å². The molecule has 19 heavy (non-hydrogen) atoms. The van der Waals surface area contributed by atoms with Crippen LogP contribution in [0.4, 0.5) is 0 Å². The van der Waals surface area contributed by atoms with E-state index in [0.717, 1.165) is 16.7 Å². The van der Waals surface area contributed by atoms with E-state index >= 15 is 0 Å². The van der Waals surface area contributed by atoms with Crippen LogP contribution in [0.5, 0.6) is 0 Å². The van der Waals surface area contributed by atoms with Crippen molar-refractivity contribution >= 4 is 29.5 Å². The molecule has 0 heterocycles. The number of fused-ring (bicyclic) bond motifs is 3. The van der Waals surface area contributed by atoms with Crippen LogP contribution in [-0.4, -0.2) is 23.3 Å². The van der Waals surface area contributed by atoms with Crippen molar-refractivity contribution in [2.45, 2.75) is 0 Å². The fourth-order valence-corrected chi connectivity index (χ4v) is 2.26. The average Bonchev–Trinajstić information content (AvgIpc) is 2.78. The number of hydrogen-bond donors (Lipinski definition) is 0. The number of ketones is 2. The van der Waals surface area contributed by atoms with Gasteiger partial charge in [0.2, 0.25) is 5.78 Å². The van der Waals surface area contributed by atoms with Crippen molar-refractivity contribution in [1.29, 1.82) is 0 Å². The maximum Gasteiger partial charge on any atom is 0.229 e. The van der Waals surface area contributed by atoms with Gasteiger partial charge in [0, 0.05) is 5.57 Å². The van der Waals surface area contributed by atoms with E-state index in [9.17, 15) is 14.4 Å². The zero-order valence-electron chi connectivity index (χ0n) is 9.84. The quantitative estimate of drug-likeness (QED) is 0.447. The minimum Gasteiger partial charge on any atom is -0.412 e. The first-order chi connectivity index (χ1) is 8.72. The number of carbonyl (C=O) groups is 3. The predicted octanol–water partition coefficient (Wildman–Crippen LogP) is 0.919. The molecule has 0 saturated heterocycles. The second-order valence-corrected chi connectivity index (χ2v) is 4.12. The van der Waals surface area contributed by atoms with Gasteiger partial charge in [0.1, 0.15) is 0 Å². The van der Waals surface area contributed by atoms with E-state index < -0.39 is 5.78 Å². The molecule has 0 amide bonds. The van der Waals surface area contributed by atoms with Gasteiger partial charge in [-0.05, 0) is 28.9 Å². The molecule has 0 atom stereocenters. The van der Waals surface area contributed by atoms with Crippen LogP contribution >= 0.6 is 0 Å². The van der Waals surface area contributed by atoms with Crippen molar-refractivity contribution in [3.8, 4) is 0 Å². The lowest BCUT2D eigenvalue weighted by molar-refractivity contribution is -0.128. The van der Waals surface area contributed by atoms with E-state index in [4.69, 9.17) is 0 Å². The monoisotopic (exact) mass is 254 g/mol. The van der Waals surface area contributed by atoms with Gasteiger partial charge in [0.05, 0.1) is 5.57 Å². The minimum atomic E-state index is -0.771. The SMILES string of the molecule is O.O=CC(=O)C1=CC=C2C(=Cc3ccccc32)C1=O. The smallest absolute Gasteiger partial charge is 0.229 e. The molecule has 94 valence electrons. The lowest BCUT2D eigenvalue weighted by atomic mass is 9.90. The molecule has 0 fully saturated rings. The lowest BCUT2D eigenvalue weighted by Gasteiger charge is -2.11. The summed E-state index contributed by atoms with van der Waals surface area (Å²) in [6, 6.07) is 7.63. The first kappa shape index (κ1) is 12.9. The maximum absolute atomic E-state index is 12.1. The average molecular weight is 254 g/mol. The molecule has 0 aromatic heterocycles. The van der Waals surface area contributed by atoms with E-state index in [1.807, 2.05) is 24.3 Å². The second-order valence-electron chi connectivity index (χ2n) is 4.12. The Bertz CT molecular complexity index is 690. The third-order valence-corrected chi connectivity index (χ3v) is 3.12. The van der Waals surface area contributed by atoms with Crippen molar-refractivity contribution in [2.75, 3.05) is 0 Å². The summed E-state index contributed by atoms with van der Waals surface area (Å²) >= 11 is 0. The zero-order valence-corrected chi connectivity index (χ0v) is 9.84. The number of carbonyl (C=O) groups excluding carboxylic acids is 3. The molecule has 4 heteroatoms. The summed E-state index contributed by atoms with van der Waals surface area (Å²) < 4.78 is 0. The number of aldehydes is 1. The molecule has 3 rings (SSSR count). The Labute approximate surface area is 109 Å². The summed E-state index contributed by atoms with van der Waals surface area (Å²) in [5, 5.41) is 0. The van der Waals surface area contributed by atoms with Crippen LogP contribution in [-0.2, 0) is 14.4 Å². The van der Waals surface area contributed by atoms with Gasteiger partial charge >= 0.3 is 0 Å². The molecule has 2 aliphatic carbocycles. The topological polar surface area (TPSA) is 82.7 Å². The molecule has 0 radical (unpaired) electrons. The zero-order chi connectivity index (χ0) is 12.7. The van der Waals surface area contributed by atoms with Crippen LogP contribution in [0, 0.1) is 0 Å². The molecule has 0 bridgehead atoms. The first-order valence-electron chi connectivity index (χ1n) is 5.50. The highest BCUT2D eigenvalue weighted by Crippen LogP contribution is 2.39. The highest BCUT2D eigenvalue weighted by Gasteiger charge is 2.30. The van der Waals surface area contributed by atoms with Crippen LogP contribution < -0.4 is 0 Å². The summed E-state index contributed by atoms with van der Waals surface area (Å²) in [5.74, 6) is -1.15. The third-order valence-electron chi connectivity index (χ3n) is 3.12. The van der Waals surface area contributed by atoms with E-state index in [-0.39, 0.29) is 23.1 Å². The number of hydrogen-bond acceptors (Lipinski definition) is 3. The van der Waals surface area contributed by atoms with E-state index in [1.54, 1.807) is 12.2 Å². The molecular weight excluding hydrogens is 244 g/mol. The number of benzene rings is 1. The van der Waals surface area contributed by atoms with Gasteiger partial charge in [-0.15, -0.1) is 0 Å². The molecule has 1 aromatic rings. The van der Waals surface area contributed by atoms with Gasteiger partial charge in [-0.3, -0.25) is 14.4 Å². The maximum atomic E-state index is 12.1. The van der Waals surface area contributed by atoms with Crippen molar-refractivity contribution in [3.05, 3.63) is 58.7 Å². The number of rotatable bonds is 2.